The fourth-order valence-electron chi connectivity index (χ4n) is 3.46. The Morgan fingerprint density at radius 1 is 1.09 bits per heavy atom. The molecule has 3 rings (SSSR count). The van der Waals surface area contributed by atoms with E-state index in [4.69, 9.17) is 0 Å². The van der Waals surface area contributed by atoms with Gasteiger partial charge in [0.15, 0.2) is 0 Å². The number of nitrogens with zero attached hydrogens (tertiary/aromatic N) is 3. The number of carbonyl (C=O) groups excluding carboxylic acids is 1. The van der Waals surface area contributed by atoms with Gasteiger partial charge in [-0.3, -0.25) is 4.90 Å². The highest BCUT2D eigenvalue weighted by atomic mass is 16.2. The zero-order valence-corrected chi connectivity index (χ0v) is 14.3. The van der Waals surface area contributed by atoms with E-state index < -0.39 is 0 Å². The molecule has 1 aromatic rings. The lowest BCUT2D eigenvalue weighted by Crippen LogP contribution is -2.44. The minimum absolute atomic E-state index is 0.148. The second kappa shape index (κ2) is 7.32. The predicted octanol–water partition coefficient (Wildman–Crippen LogP) is 1.78. The van der Waals surface area contributed by atoms with E-state index in [1.54, 1.807) is 0 Å². The number of para-hydroxylation sites is 1. The number of hydrogen-bond donors (Lipinski definition) is 1. The minimum Gasteiger partial charge on any atom is -0.320 e. The van der Waals surface area contributed by atoms with Crippen LogP contribution < -0.4 is 10.2 Å². The van der Waals surface area contributed by atoms with Gasteiger partial charge in [-0.25, -0.2) is 4.79 Å². The van der Waals surface area contributed by atoms with Gasteiger partial charge in [0.2, 0.25) is 0 Å². The normalized spacial score (nSPS) is 19.9. The van der Waals surface area contributed by atoms with Crippen LogP contribution in [0.1, 0.15) is 19.4 Å². The summed E-state index contributed by atoms with van der Waals surface area (Å²) in [6.07, 6.45) is 1.00. The van der Waals surface area contributed by atoms with Gasteiger partial charge in [0, 0.05) is 57.5 Å². The maximum Gasteiger partial charge on any atom is 0.324 e. The lowest BCUT2D eigenvalue weighted by atomic mass is 10.1. The van der Waals surface area contributed by atoms with Gasteiger partial charge >= 0.3 is 6.03 Å². The Morgan fingerprint density at radius 2 is 1.83 bits per heavy atom. The zero-order chi connectivity index (χ0) is 16.2. The van der Waals surface area contributed by atoms with Gasteiger partial charge in [0.05, 0.1) is 0 Å². The third-order valence-electron chi connectivity index (χ3n) is 4.85. The van der Waals surface area contributed by atoms with E-state index in [1.807, 2.05) is 15.9 Å². The molecule has 2 aliphatic heterocycles. The molecule has 126 valence electrons. The van der Waals surface area contributed by atoms with Crippen molar-refractivity contribution in [3.8, 4) is 0 Å². The van der Waals surface area contributed by atoms with Crippen molar-refractivity contribution < 1.29 is 4.79 Å². The van der Waals surface area contributed by atoms with Crippen molar-refractivity contribution in [2.45, 2.75) is 26.3 Å². The summed E-state index contributed by atoms with van der Waals surface area (Å²) in [7, 11) is 0. The highest BCUT2D eigenvalue weighted by Crippen LogP contribution is 2.26. The molecule has 2 saturated heterocycles. The number of urea groups is 1. The molecule has 2 fully saturated rings. The summed E-state index contributed by atoms with van der Waals surface area (Å²) in [6, 6.07) is 8.79. The van der Waals surface area contributed by atoms with Crippen LogP contribution in [0.25, 0.3) is 0 Å². The maximum atomic E-state index is 12.6. The van der Waals surface area contributed by atoms with Crippen molar-refractivity contribution >= 4 is 11.7 Å². The molecular formula is C18H28N4O. The van der Waals surface area contributed by atoms with Crippen LogP contribution >= 0.6 is 0 Å². The first-order valence-corrected chi connectivity index (χ1v) is 8.76. The van der Waals surface area contributed by atoms with E-state index in [9.17, 15) is 4.79 Å². The van der Waals surface area contributed by atoms with Crippen molar-refractivity contribution in [3.05, 3.63) is 29.8 Å². The van der Waals surface area contributed by atoms with Gasteiger partial charge in [0.1, 0.15) is 0 Å². The van der Waals surface area contributed by atoms with E-state index in [0.717, 1.165) is 57.9 Å². The Balaban J connectivity index is 1.69. The summed E-state index contributed by atoms with van der Waals surface area (Å²) >= 11 is 0. The van der Waals surface area contributed by atoms with Gasteiger partial charge in [0.25, 0.3) is 0 Å². The average molecular weight is 316 g/mol. The Kier molecular flexibility index (Phi) is 5.18. The molecular weight excluding hydrogens is 288 g/mol. The Labute approximate surface area is 139 Å². The van der Waals surface area contributed by atoms with Gasteiger partial charge in [-0.1, -0.05) is 18.2 Å². The zero-order valence-electron chi connectivity index (χ0n) is 14.3. The highest BCUT2D eigenvalue weighted by molar-refractivity contribution is 5.95. The van der Waals surface area contributed by atoms with Crippen molar-refractivity contribution in [2.75, 3.05) is 50.7 Å². The van der Waals surface area contributed by atoms with E-state index in [1.165, 1.54) is 5.56 Å². The number of amides is 2. The summed E-state index contributed by atoms with van der Waals surface area (Å²) in [5, 5.41) is 3.39. The number of rotatable bonds is 5. The summed E-state index contributed by atoms with van der Waals surface area (Å²) < 4.78 is 0. The largest absolute Gasteiger partial charge is 0.324 e. The lowest BCUT2D eigenvalue weighted by molar-refractivity contribution is 0.209. The first-order chi connectivity index (χ1) is 11.2. The van der Waals surface area contributed by atoms with E-state index in [0.29, 0.717) is 0 Å². The van der Waals surface area contributed by atoms with Crippen molar-refractivity contribution in [1.82, 2.24) is 15.1 Å². The molecule has 0 saturated carbocycles. The standard InChI is InChI=1S/C18H28N4O/c1-15(2)21-13-14-22(18(21)23)17-6-4-3-5-16(17)7-10-20-11-8-19-9-12-20/h3-6,15,19H,7-14H2,1-2H3. The number of anilines is 1. The molecule has 5 nitrogen and oxygen atoms in total. The van der Waals surface area contributed by atoms with Crippen LogP contribution in [0.15, 0.2) is 24.3 Å². The number of carbonyl (C=O) groups is 1. The number of nitrogens with one attached hydrogen (secondary N) is 1. The molecule has 1 aromatic carbocycles. The molecule has 5 heteroatoms. The van der Waals surface area contributed by atoms with Crippen LogP contribution in [0.3, 0.4) is 0 Å². The third kappa shape index (κ3) is 3.67. The SMILES string of the molecule is CC(C)N1CCN(c2ccccc2CCN2CCNCC2)C1=O. The number of piperazine rings is 1. The first kappa shape index (κ1) is 16.3. The molecule has 0 bridgehead atoms. The van der Waals surface area contributed by atoms with Crippen LogP contribution in [0, 0.1) is 0 Å². The van der Waals surface area contributed by atoms with Gasteiger partial charge in [-0.05, 0) is 31.9 Å². The summed E-state index contributed by atoms with van der Waals surface area (Å²) in [5.41, 5.74) is 2.38. The predicted molar refractivity (Wildman–Crippen MR) is 94.0 cm³/mol. The summed E-state index contributed by atoms with van der Waals surface area (Å²) in [5.74, 6) is 0. The molecule has 2 heterocycles. The fraction of sp³-hybridized carbons (Fsp3) is 0.611. The molecule has 0 spiro atoms. The first-order valence-electron chi connectivity index (χ1n) is 8.76. The highest BCUT2D eigenvalue weighted by Gasteiger charge is 2.32. The lowest BCUT2D eigenvalue weighted by Gasteiger charge is -2.28. The van der Waals surface area contributed by atoms with E-state index >= 15 is 0 Å². The molecule has 0 radical (unpaired) electrons. The van der Waals surface area contributed by atoms with Crippen LogP contribution in [0.4, 0.5) is 10.5 Å². The maximum absolute atomic E-state index is 12.6. The fourth-order valence-corrected chi connectivity index (χ4v) is 3.46. The number of benzene rings is 1. The minimum atomic E-state index is 0.148. The third-order valence-corrected chi connectivity index (χ3v) is 4.85. The molecule has 0 aliphatic carbocycles. The summed E-state index contributed by atoms with van der Waals surface area (Å²) in [6.45, 7) is 11.2. The second-order valence-corrected chi connectivity index (χ2v) is 6.69. The molecule has 0 unspecified atom stereocenters. The Hall–Kier alpha value is -1.59. The molecule has 0 aromatic heterocycles. The Morgan fingerprint density at radius 3 is 2.52 bits per heavy atom. The van der Waals surface area contributed by atoms with E-state index in [2.05, 4.69) is 42.3 Å². The van der Waals surface area contributed by atoms with Crippen molar-refractivity contribution in [1.29, 1.82) is 0 Å². The average Bonchev–Trinajstić information content (AvgIpc) is 2.96. The summed E-state index contributed by atoms with van der Waals surface area (Å²) in [4.78, 5) is 19.0. The quantitative estimate of drug-likeness (QED) is 0.900. The topological polar surface area (TPSA) is 38.8 Å². The Bertz CT molecular complexity index is 540. The van der Waals surface area contributed by atoms with Crippen LogP contribution in [0.2, 0.25) is 0 Å². The molecule has 2 aliphatic rings. The van der Waals surface area contributed by atoms with Crippen LogP contribution in [0.5, 0.6) is 0 Å². The monoisotopic (exact) mass is 316 g/mol. The van der Waals surface area contributed by atoms with Gasteiger partial charge < -0.3 is 15.1 Å². The van der Waals surface area contributed by atoms with Crippen LogP contribution in [-0.2, 0) is 6.42 Å². The van der Waals surface area contributed by atoms with Crippen molar-refractivity contribution in [2.24, 2.45) is 0 Å². The van der Waals surface area contributed by atoms with Crippen molar-refractivity contribution in [3.63, 3.8) is 0 Å². The smallest absolute Gasteiger partial charge is 0.320 e. The van der Waals surface area contributed by atoms with Crippen LogP contribution in [-0.4, -0.2) is 67.7 Å². The second-order valence-electron chi connectivity index (χ2n) is 6.69. The number of hydrogen-bond acceptors (Lipinski definition) is 3. The van der Waals surface area contributed by atoms with Gasteiger partial charge in [-0.15, -0.1) is 0 Å². The molecule has 1 N–H and O–H groups in total. The van der Waals surface area contributed by atoms with E-state index in [-0.39, 0.29) is 12.1 Å². The molecule has 0 atom stereocenters. The molecule has 2 amide bonds. The van der Waals surface area contributed by atoms with Gasteiger partial charge in [-0.2, -0.15) is 0 Å². The molecule has 23 heavy (non-hydrogen) atoms.